The van der Waals surface area contributed by atoms with Crippen LogP contribution in [0.25, 0.3) is 10.8 Å². The number of benzene rings is 2. The third-order valence-electron chi connectivity index (χ3n) is 2.36. The summed E-state index contributed by atoms with van der Waals surface area (Å²) < 4.78 is 32.3. The first-order valence-corrected chi connectivity index (χ1v) is 6.08. The van der Waals surface area contributed by atoms with Crippen LogP contribution in [0.4, 0.5) is 0 Å². The Bertz CT molecular complexity index is 613. The van der Waals surface area contributed by atoms with Crippen LogP contribution in [0, 0.1) is 0 Å². The molecule has 2 aromatic carbocycles. The predicted octanol–water partition coefficient (Wildman–Crippen LogP) is 1.38. The monoisotopic (exact) mass is 237 g/mol. The topological polar surface area (TPSA) is 77.4 Å². The molecule has 0 saturated heterocycles. The van der Waals surface area contributed by atoms with Gasteiger partial charge in [-0.15, -0.1) is 0 Å². The molecule has 2 rings (SSSR count). The van der Waals surface area contributed by atoms with E-state index < -0.39 is 15.6 Å². The largest absolute Gasteiger partial charge is 0.746 e. The van der Waals surface area contributed by atoms with Crippen LogP contribution >= 0.6 is 0 Å². The van der Waals surface area contributed by atoms with Gasteiger partial charge in [0.05, 0.1) is 0 Å². The molecule has 0 radical (unpaired) electrons. The molecule has 0 amide bonds. The molecular formula is C11H9O4S-. The maximum atomic E-state index is 10.8. The average Bonchev–Trinajstić information content (AvgIpc) is 2.26. The number of rotatable bonds is 2. The average molecular weight is 237 g/mol. The van der Waals surface area contributed by atoms with Crippen LogP contribution in [0.5, 0.6) is 0 Å². The second kappa shape index (κ2) is 3.86. The minimum atomic E-state index is -4.74. The Morgan fingerprint density at radius 1 is 1.06 bits per heavy atom. The van der Waals surface area contributed by atoms with E-state index in [0.717, 1.165) is 5.39 Å². The van der Waals surface area contributed by atoms with E-state index in [1.807, 2.05) is 0 Å². The zero-order valence-electron chi connectivity index (χ0n) is 8.20. The van der Waals surface area contributed by atoms with E-state index >= 15 is 0 Å². The molecular weight excluding hydrogens is 228 g/mol. The molecule has 0 fully saturated rings. The van der Waals surface area contributed by atoms with Crippen molar-refractivity contribution in [2.45, 2.75) is 5.44 Å². The zero-order valence-corrected chi connectivity index (χ0v) is 9.02. The third-order valence-corrected chi connectivity index (χ3v) is 3.16. The van der Waals surface area contributed by atoms with Gasteiger partial charge in [-0.05, 0) is 10.8 Å². The molecule has 4 nitrogen and oxygen atoms in total. The van der Waals surface area contributed by atoms with Crippen molar-refractivity contribution in [1.29, 1.82) is 0 Å². The molecule has 0 saturated carbocycles. The lowest BCUT2D eigenvalue weighted by molar-refractivity contribution is 0.237. The van der Waals surface area contributed by atoms with Crippen LogP contribution in [0.15, 0.2) is 42.5 Å². The molecule has 0 heterocycles. The van der Waals surface area contributed by atoms with Crippen molar-refractivity contribution >= 4 is 20.9 Å². The first-order valence-electron chi connectivity index (χ1n) is 4.60. The van der Waals surface area contributed by atoms with E-state index in [1.165, 1.54) is 6.07 Å². The Morgan fingerprint density at radius 2 is 1.69 bits per heavy atom. The Balaban J connectivity index is 2.70. The van der Waals surface area contributed by atoms with Gasteiger partial charge in [-0.1, -0.05) is 42.5 Å². The maximum absolute atomic E-state index is 10.8. The Labute approximate surface area is 92.9 Å². The van der Waals surface area contributed by atoms with E-state index in [-0.39, 0.29) is 5.56 Å². The molecule has 0 aromatic heterocycles. The van der Waals surface area contributed by atoms with Gasteiger partial charge in [0.1, 0.15) is 10.1 Å². The summed E-state index contributed by atoms with van der Waals surface area (Å²) in [6, 6.07) is 11.8. The number of hydrogen-bond acceptors (Lipinski definition) is 4. The van der Waals surface area contributed by atoms with E-state index in [0.29, 0.717) is 5.39 Å². The van der Waals surface area contributed by atoms with Crippen molar-refractivity contribution in [3.63, 3.8) is 0 Å². The predicted molar refractivity (Wildman–Crippen MR) is 58.6 cm³/mol. The lowest BCUT2D eigenvalue weighted by Crippen LogP contribution is -2.11. The molecule has 1 N–H and O–H groups in total. The molecule has 0 aliphatic rings. The van der Waals surface area contributed by atoms with Crippen molar-refractivity contribution in [2.75, 3.05) is 0 Å². The van der Waals surface area contributed by atoms with Crippen molar-refractivity contribution < 1.29 is 18.1 Å². The molecule has 1 unspecified atom stereocenters. The number of aliphatic hydroxyl groups excluding tert-OH is 1. The summed E-state index contributed by atoms with van der Waals surface area (Å²) in [6.07, 6.45) is 0. The van der Waals surface area contributed by atoms with Crippen LogP contribution < -0.4 is 0 Å². The fourth-order valence-corrected chi connectivity index (χ4v) is 2.14. The molecule has 0 aliphatic carbocycles. The molecule has 5 heteroatoms. The summed E-state index contributed by atoms with van der Waals surface area (Å²) in [4.78, 5) is 0. The van der Waals surface area contributed by atoms with Crippen LogP contribution in [0.3, 0.4) is 0 Å². The smallest absolute Gasteiger partial charge is 0.169 e. The van der Waals surface area contributed by atoms with Gasteiger partial charge < -0.3 is 9.66 Å². The second-order valence-corrected chi connectivity index (χ2v) is 4.85. The van der Waals surface area contributed by atoms with Crippen LogP contribution in [-0.4, -0.2) is 18.1 Å². The zero-order chi connectivity index (χ0) is 11.8. The van der Waals surface area contributed by atoms with E-state index in [4.69, 9.17) is 0 Å². The molecule has 16 heavy (non-hydrogen) atoms. The van der Waals surface area contributed by atoms with E-state index in [1.54, 1.807) is 36.4 Å². The second-order valence-electron chi connectivity index (χ2n) is 3.41. The Hall–Kier alpha value is -1.43. The highest BCUT2D eigenvalue weighted by Crippen LogP contribution is 2.26. The van der Waals surface area contributed by atoms with E-state index in [2.05, 4.69) is 0 Å². The number of aliphatic hydroxyl groups is 1. The fourth-order valence-electron chi connectivity index (χ4n) is 1.62. The standard InChI is InChI=1S/C11H10O4S/c12-11(16(13,14)15)10-7-3-5-8-4-1-2-6-9(8)10/h1-7,11-12H,(H,13,14,15)/p-1. The maximum Gasteiger partial charge on any atom is 0.169 e. The minimum absolute atomic E-state index is 0.119. The molecule has 0 aliphatic heterocycles. The number of fused-ring (bicyclic) bond motifs is 1. The summed E-state index contributed by atoms with van der Waals surface area (Å²) in [7, 11) is -4.74. The Kier molecular flexibility index (Phi) is 2.67. The SMILES string of the molecule is O=S(=O)([O-])C(O)c1cccc2ccccc12. The molecule has 84 valence electrons. The molecule has 0 spiro atoms. The molecule has 2 aromatic rings. The third kappa shape index (κ3) is 1.92. The first-order chi connectivity index (χ1) is 7.50. The van der Waals surface area contributed by atoms with Gasteiger partial charge in [0.15, 0.2) is 5.44 Å². The van der Waals surface area contributed by atoms with Crippen LogP contribution in [0.1, 0.15) is 11.0 Å². The summed E-state index contributed by atoms with van der Waals surface area (Å²) in [6.45, 7) is 0. The van der Waals surface area contributed by atoms with Crippen molar-refractivity contribution in [1.82, 2.24) is 0 Å². The lowest BCUT2D eigenvalue weighted by atomic mass is 10.1. The highest BCUT2D eigenvalue weighted by molar-refractivity contribution is 7.85. The van der Waals surface area contributed by atoms with Gasteiger partial charge in [0, 0.05) is 5.56 Å². The Morgan fingerprint density at radius 3 is 2.38 bits per heavy atom. The minimum Gasteiger partial charge on any atom is -0.746 e. The van der Waals surface area contributed by atoms with Gasteiger partial charge >= 0.3 is 0 Å². The molecule has 0 bridgehead atoms. The normalized spacial score (nSPS) is 13.9. The van der Waals surface area contributed by atoms with Crippen molar-refractivity contribution in [3.8, 4) is 0 Å². The first kappa shape index (κ1) is 11.1. The summed E-state index contributed by atoms with van der Waals surface area (Å²) in [5, 5.41) is 10.8. The van der Waals surface area contributed by atoms with Crippen LogP contribution in [-0.2, 0) is 10.1 Å². The van der Waals surface area contributed by atoms with E-state index in [9.17, 15) is 18.1 Å². The van der Waals surface area contributed by atoms with Gasteiger partial charge in [0.2, 0.25) is 0 Å². The quantitative estimate of drug-likeness (QED) is 0.800. The van der Waals surface area contributed by atoms with Gasteiger partial charge in [0.25, 0.3) is 0 Å². The van der Waals surface area contributed by atoms with Gasteiger partial charge in [-0.3, -0.25) is 0 Å². The summed E-state index contributed by atoms with van der Waals surface area (Å²) in [5.74, 6) is 0. The highest BCUT2D eigenvalue weighted by Gasteiger charge is 2.16. The summed E-state index contributed by atoms with van der Waals surface area (Å²) in [5.41, 5.74) is -1.90. The van der Waals surface area contributed by atoms with Crippen LogP contribution in [0.2, 0.25) is 0 Å². The van der Waals surface area contributed by atoms with Gasteiger partial charge in [-0.2, -0.15) is 0 Å². The van der Waals surface area contributed by atoms with Gasteiger partial charge in [-0.25, -0.2) is 8.42 Å². The highest BCUT2D eigenvalue weighted by atomic mass is 32.2. The van der Waals surface area contributed by atoms with Crippen molar-refractivity contribution in [3.05, 3.63) is 48.0 Å². The summed E-state index contributed by atoms with van der Waals surface area (Å²) >= 11 is 0. The number of hydrogen-bond donors (Lipinski definition) is 1. The lowest BCUT2D eigenvalue weighted by Gasteiger charge is -2.16. The van der Waals surface area contributed by atoms with Crippen molar-refractivity contribution in [2.24, 2.45) is 0 Å². The fraction of sp³-hybridized carbons (Fsp3) is 0.0909. The molecule has 1 atom stereocenters.